The molecule has 110 valence electrons. The van der Waals surface area contributed by atoms with E-state index in [9.17, 15) is 0 Å². The highest BCUT2D eigenvalue weighted by Gasteiger charge is 2.16. The number of nitriles is 1. The molecule has 0 saturated heterocycles. The highest BCUT2D eigenvalue weighted by molar-refractivity contribution is 7.99. The lowest BCUT2D eigenvalue weighted by molar-refractivity contribution is 0.977. The molecule has 0 saturated carbocycles. The van der Waals surface area contributed by atoms with Crippen molar-refractivity contribution in [1.82, 2.24) is 9.97 Å². The van der Waals surface area contributed by atoms with E-state index in [1.807, 2.05) is 6.07 Å². The second-order valence-corrected chi connectivity index (χ2v) is 7.16. The SMILES string of the molecule is Cc1sc2ncnc(SCCCC#N)c2c1-c1ccccc1. The molecule has 0 unspecified atom stereocenters. The zero-order valence-corrected chi connectivity index (χ0v) is 13.9. The summed E-state index contributed by atoms with van der Waals surface area (Å²) in [5.41, 5.74) is 2.45. The first-order chi connectivity index (χ1) is 10.8. The van der Waals surface area contributed by atoms with E-state index in [-0.39, 0.29) is 0 Å². The second kappa shape index (κ2) is 6.91. The maximum Gasteiger partial charge on any atom is 0.128 e. The fourth-order valence-electron chi connectivity index (χ4n) is 2.40. The van der Waals surface area contributed by atoms with Gasteiger partial charge in [0, 0.05) is 22.6 Å². The molecule has 3 nitrogen and oxygen atoms in total. The molecule has 5 heteroatoms. The van der Waals surface area contributed by atoms with E-state index in [1.54, 1.807) is 29.4 Å². The van der Waals surface area contributed by atoms with Crippen LogP contribution in [0.2, 0.25) is 0 Å². The topological polar surface area (TPSA) is 49.6 Å². The quantitative estimate of drug-likeness (QED) is 0.373. The lowest BCUT2D eigenvalue weighted by Gasteiger charge is -2.05. The third-order valence-corrected chi connectivity index (χ3v) is 5.45. The summed E-state index contributed by atoms with van der Waals surface area (Å²) in [4.78, 5) is 11.2. The largest absolute Gasteiger partial charge is 0.229 e. The van der Waals surface area contributed by atoms with Gasteiger partial charge in [0.1, 0.15) is 16.2 Å². The van der Waals surface area contributed by atoms with Crippen molar-refractivity contribution in [1.29, 1.82) is 5.26 Å². The molecule has 0 amide bonds. The fourth-order valence-corrected chi connectivity index (χ4v) is 4.42. The number of unbranched alkanes of at least 4 members (excludes halogenated alkanes) is 1. The number of aryl methyl sites for hydroxylation is 1. The molecule has 2 heterocycles. The van der Waals surface area contributed by atoms with Crippen molar-refractivity contribution < 1.29 is 0 Å². The first-order valence-electron chi connectivity index (χ1n) is 7.10. The molecular formula is C17H15N3S2. The van der Waals surface area contributed by atoms with Crippen LogP contribution in [0.1, 0.15) is 17.7 Å². The van der Waals surface area contributed by atoms with Gasteiger partial charge >= 0.3 is 0 Å². The Morgan fingerprint density at radius 3 is 2.82 bits per heavy atom. The fraction of sp³-hybridized carbons (Fsp3) is 0.235. The summed E-state index contributed by atoms with van der Waals surface area (Å²) >= 11 is 3.43. The molecule has 2 aromatic heterocycles. The number of thiophene rings is 1. The van der Waals surface area contributed by atoms with Crippen LogP contribution in [0.25, 0.3) is 21.3 Å². The van der Waals surface area contributed by atoms with Gasteiger partial charge in [-0.1, -0.05) is 30.3 Å². The maximum atomic E-state index is 8.65. The Kier molecular flexibility index (Phi) is 4.71. The van der Waals surface area contributed by atoms with Gasteiger partial charge in [-0.05, 0) is 18.9 Å². The number of hydrogen-bond acceptors (Lipinski definition) is 5. The van der Waals surface area contributed by atoms with Crippen LogP contribution in [-0.2, 0) is 0 Å². The van der Waals surface area contributed by atoms with E-state index in [2.05, 4.69) is 47.2 Å². The van der Waals surface area contributed by atoms with Gasteiger partial charge in [0.05, 0.1) is 11.5 Å². The summed E-state index contributed by atoms with van der Waals surface area (Å²) in [6, 6.07) is 12.6. The molecule has 0 aliphatic rings. The molecule has 3 rings (SSSR count). The van der Waals surface area contributed by atoms with Crippen LogP contribution in [-0.4, -0.2) is 15.7 Å². The summed E-state index contributed by atoms with van der Waals surface area (Å²) in [6.45, 7) is 2.14. The van der Waals surface area contributed by atoms with Gasteiger partial charge in [0.2, 0.25) is 0 Å². The molecular weight excluding hydrogens is 310 g/mol. The van der Waals surface area contributed by atoms with Crippen LogP contribution in [0.3, 0.4) is 0 Å². The highest BCUT2D eigenvalue weighted by Crippen LogP contribution is 2.41. The van der Waals surface area contributed by atoms with Crippen molar-refractivity contribution in [2.75, 3.05) is 5.75 Å². The van der Waals surface area contributed by atoms with Gasteiger partial charge < -0.3 is 0 Å². The summed E-state index contributed by atoms with van der Waals surface area (Å²) in [6.07, 6.45) is 3.12. The third kappa shape index (κ3) is 2.99. The monoisotopic (exact) mass is 325 g/mol. The minimum atomic E-state index is 0.593. The number of nitrogens with zero attached hydrogens (tertiary/aromatic N) is 3. The Hall–Kier alpha value is -1.90. The van der Waals surface area contributed by atoms with Crippen LogP contribution < -0.4 is 0 Å². The molecule has 0 radical (unpaired) electrons. The normalized spacial score (nSPS) is 10.7. The lowest BCUT2D eigenvalue weighted by atomic mass is 10.0. The molecule has 0 bridgehead atoms. The Morgan fingerprint density at radius 2 is 2.05 bits per heavy atom. The van der Waals surface area contributed by atoms with Gasteiger partial charge in [0.15, 0.2) is 0 Å². The van der Waals surface area contributed by atoms with Crippen LogP contribution in [0.4, 0.5) is 0 Å². The van der Waals surface area contributed by atoms with Crippen molar-refractivity contribution in [3.05, 3.63) is 41.5 Å². The minimum Gasteiger partial charge on any atom is -0.229 e. The van der Waals surface area contributed by atoms with E-state index in [1.165, 1.54) is 16.0 Å². The molecule has 0 N–H and O–H groups in total. The Morgan fingerprint density at radius 1 is 1.23 bits per heavy atom. The number of benzene rings is 1. The molecule has 0 aliphatic heterocycles. The summed E-state index contributed by atoms with van der Waals surface area (Å²) in [5, 5.41) is 10.8. The van der Waals surface area contributed by atoms with E-state index in [0.29, 0.717) is 6.42 Å². The van der Waals surface area contributed by atoms with Crippen molar-refractivity contribution >= 4 is 33.3 Å². The second-order valence-electron chi connectivity index (χ2n) is 4.87. The number of rotatable bonds is 5. The average Bonchev–Trinajstić information content (AvgIpc) is 2.89. The molecule has 0 atom stereocenters. The Bertz CT molecular complexity index is 819. The molecule has 1 aromatic carbocycles. The third-order valence-electron chi connectivity index (χ3n) is 3.36. The number of thioether (sulfide) groups is 1. The van der Waals surface area contributed by atoms with Crippen LogP contribution in [0.15, 0.2) is 41.7 Å². The average molecular weight is 325 g/mol. The predicted octanol–water partition coefficient (Wildman–Crippen LogP) is 5.06. The number of aromatic nitrogens is 2. The number of fused-ring (bicyclic) bond motifs is 1. The molecule has 0 spiro atoms. The van der Waals surface area contributed by atoms with Crippen molar-refractivity contribution in [2.45, 2.75) is 24.8 Å². The zero-order chi connectivity index (χ0) is 15.4. The standard InChI is InChI=1S/C17H15N3S2/c1-12-14(13-7-3-2-4-8-13)15-16(21-10-6-5-9-18)19-11-20-17(15)22-12/h2-4,7-8,11H,5-6,10H2,1H3. The molecule has 0 aliphatic carbocycles. The van der Waals surface area contributed by atoms with E-state index in [4.69, 9.17) is 5.26 Å². The van der Waals surface area contributed by atoms with Crippen molar-refractivity contribution in [3.8, 4) is 17.2 Å². The van der Waals surface area contributed by atoms with Crippen LogP contribution in [0, 0.1) is 18.3 Å². The van der Waals surface area contributed by atoms with Gasteiger partial charge in [-0.2, -0.15) is 5.26 Å². The van der Waals surface area contributed by atoms with Crippen LogP contribution in [0.5, 0.6) is 0 Å². The molecule has 0 fully saturated rings. The van der Waals surface area contributed by atoms with E-state index in [0.717, 1.165) is 27.4 Å². The van der Waals surface area contributed by atoms with Crippen molar-refractivity contribution in [3.63, 3.8) is 0 Å². The zero-order valence-electron chi connectivity index (χ0n) is 12.2. The maximum absolute atomic E-state index is 8.65. The molecule has 3 aromatic rings. The lowest BCUT2D eigenvalue weighted by Crippen LogP contribution is -1.88. The Labute approximate surface area is 138 Å². The highest BCUT2D eigenvalue weighted by atomic mass is 32.2. The minimum absolute atomic E-state index is 0.593. The predicted molar refractivity (Wildman–Crippen MR) is 93.2 cm³/mol. The first kappa shape index (κ1) is 15.0. The Balaban J connectivity index is 2.05. The van der Waals surface area contributed by atoms with Gasteiger partial charge in [0.25, 0.3) is 0 Å². The first-order valence-corrected chi connectivity index (χ1v) is 8.90. The van der Waals surface area contributed by atoms with Crippen LogP contribution >= 0.6 is 23.1 Å². The van der Waals surface area contributed by atoms with Crippen molar-refractivity contribution in [2.24, 2.45) is 0 Å². The summed E-state index contributed by atoms with van der Waals surface area (Å²) < 4.78 is 0. The number of hydrogen-bond donors (Lipinski definition) is 0. The summed E-state index contributed by atoms with van der Waals surface area (Å²) in [7, 11) is 0. The smallest absolute Gasteiger partial charge is 0.128 e. The van der Waals surface area contributed by atoms with E-state index >= 15 is 0 Å². The van der Waals surface area contributed by atoms with Gasteiger partial charge in [-0.3, -0.25) is 0 Å². The van der Waals surface area contributed by atoms with Gasteiger partial charge in [-0.25, -0.2) is 9.97 Å². The summed E-state index contributed by atoms with van der Waals surface area (Å²) in [5.74, 6) is 0.906. The van der Waals surface area contributed by atoms with Gasteiger partial charge in [-0.15, -0.1) is 23.1 Å². The van der Waals surface area contributed by atoms with E-state index < -0.39 is 0 Å². The molecule has 22 heavy (non-hydrogen) atoms.